The molecule has 0 radical (unpaired) electrons. The molecule has 1 aliphatic heterocycles. The molecule has 4 heterocycles. The number of carbonyl (C=O) groups excluding carboxylic acids is 1. The van der Waals surface area contributed by atoms with E-state index >= 15 is 0 Å². The highest BCUT2D eigenvalue weighted by Gasteiger charge is 2.36. The molecule has 238 valence electrons. The second-order valence-electron chi connectivity index (χ2n) is 11.1. The fourth-order valence-electron chi connectivity index (χ4n) is 6.01. The molecule has 6 rings (SSSR count). The summed E-state index contributed by atoms with van der Waals surface area (Å²) in [6, 6.07) is 11.4. The van der Waals surface area contributed by atoms with E-state index in [-0.39, 0.29) is 41.9 Å². The Morgan fingerprint density at radius 2 is 2.09 bits per heavy atom. The van der Waals surface area contributed by atoms with Crippen LogP contribution in [0.15, 0.2) is 46.8 Å². The molecule has 0 fully saturated rings. The van der Waals surface area contributed by atoms with Crippen LogP contribution in [-0.2, 0) is 33.1 Å². The Kier molecular flexibility index (Phi) is 8.73. The Morgan fingerprint density at radius 1 is 1.28 bits per heavy atom. The number of sulfonamides is 1. The van der Waals surface area contributed by atoms with Crippen molar-refractivity contribution in [3.8, 4) is 11.9 Å². The van der Waals surface area contributed by atoms with Crippen LogP contribution in [0.4, 0.5) is 0 Å². The topological polar surface area (TPSA) is 140 Å². The van der Waals surface area contributed by atoms with E-state index in [0.717, 1.165) is 32.3 Å². The van der Waals surface area contributed by atoms with Crippen molar-refractivity contribution in [2.45, 2.75) is 57.1 Å². The molecular formula is C32H31ClN6O5S2. The van der Waals surface area contributed by atoms with E-state index in [1.54, 1.807) is 24.7 Å². The highest BCUT2D eigenvalue weighted by atomic mass is 35.5. The zero-order valence-electron chi connectivity index (χ0n) is 25.7. The Bertz CT molecular complexity index is 2140. The number of hydrogen-bond acceptors (Lipinski definition) is 10. The first-order valence-electron chi connectivity index (χ1n) is 14.8. The molecule has 0 N–H and O–H groups in total. The molecular weight excluding hydrogens is 648 g/mol. The fourth-order valence-corrected chi connectivity index (χ4v) is 8.67. The van der Waals surface area contributed by atoms with Gasteiger partial charge in [0.2, 0.25) is 15.9 Å². The van der Waals surface area contributed by atoms with E-state index < -0.39 is 28.0 Å². The number of halogens is 1. The third-order valence-electron chi connectivity index (χ3n) is 8.29. The van der Waals surface area contributed by atoms with Gasteiger partial charge in [-0.3, -0.25) is 4.79 Å². The Labute approximate surface area is 275 Å². The van der Waals surface area contributed by atoms with Gasteiger partial charge in [0.1, 0.15) is 28.1 Å². The summed E-state index contributed by atoms with van der Waals surface area (Å²) in [6.07, 6.45) is 1.52. The highest BCUT2D eigenvalue weighted by Crippen LogP contribution is 2.40. The minimum absolute atomic E-state index is 0.00566. The third-order valence-corrected chi connectivity index (χ3v) is 11.3. The van der Waals surface area contributed by atoms with E-state index in [2.05, 4.69) is 21.4 Å². The van der Waals surface area contributed by atoms with Crippen LogP contribution in [-0.4, -0.2) is 57.9 Å². The van der Waals surface area contributed by atoms with Crippen LogP contribution in [0.3, 0.4) is 0 Å². The molecule has 2 atom stereocenters. The van der Waals surface area contributed by atoms with Crippen LogP contribution in [0, 0.1) is 18.3 Å². The first-order valence-corrected chi connectivity index (χ1v) is 17.5. The van der Waals surface area contributed by atoms with Gasteiger partial charge in [-0.05, 0) is 77.6 Å². The largest absolute Gasteiger partial charge is 0.472 e. The summed E-state index contributed by atoms with van der Waals surface area (Å²) >= 11 is 7.69. The zero-order valence-corrected chi connectivity index (χ0v) is 28.0. The lowest BCUT2D eigenvalue weighted by molar-refractivity contribution is -0.143. The maximum atomic E-state index is 14.1. The van der Waals surface area contributed by atoms with Gasteiger partial charge in [-0.25, -0.2) is 18.1 Å². The summed E-state index contributed by atoms with van der Waals surface area (Å²) in [5, 5.41) is 21.6. The standard InChI is InChI=1S/C32H31ClN6O5S2/c1-5-24-17-39(46(41,42)27-12-23(33)15-35-32(27)44-24)16-22-10-20(9-19-7-8-45-31(19)22)26(13-28(40)43-6-2)25-11-21(14-34)30-29(18(25)3)36-37-38(30)4/h7-12,15,24,26H,5-6,13,16-17H2,1-4H3/t24-,26?/m1/s1. The van der Waals surface area contributed by atoms with E-state index in [1.165, 1.54) is 27.9 Å². The van der Waals surface area contributed by atoms with Crippen LogP contribution in [0.1, 0.15) is 60.4 Å². The molecule has 0 saturated heterocycles. The van der Waals surface area contributed by atoms with Crippen molar-refractivity contribution < 1.29 is 22.7 Å². The number of aryl methyl sites for hydroxylation is 2. The molecule has 0 aliphatic carbocycles. The van der Waals surface area contributed by atoms with Crippen LogP contribution in [0.25, 0.3) is 21.1 Å². The Morgan fingerprint density at radius 3 is 2.83 bits per heavy atom. The molecule has 11 nitrogen and oxygen atoms in total. The number of nitrogens with zero attached hydrogens (tertiary/aromatic N) is 6. The van der Waals surface area contributed by atoms with Gasteiger partial charge in [0.15, 0.2) is 0 Å². The molecule has 14 heteroatoms. The highest BCUT2D eigenvalue weighted by molar-refractivity contribution is 7.89. The molecule has 2 aromatic carbocycles. The number of aromatic nitrogens is 4. The Balaban J connectivity index is 1.51. The SMILES string of the molecule is CCOC(=O)CC(c1cc(CN2C[C@@H](CC)Oc3ncc(Cl)cc3S2(=O)=O)c2sccc2c1)c1cc(C#N)c2c(nnn2C)c1C. The predicted octanol–water partition coefficient (Wildman–Crippen LogP) is 5.86. The van der Waals surface area contributed by atoms with Crippen molar-refractivity contribution in [2.75, 3.05) is 13.2 Å². The second kappa shape index (κ2) is 12.6. The lowest BCUT2D eigenvalue weighted by Gasteiger charge is -2.24. The van der Waals surface area contributed by atoms with E-state index in [1.807, 2.05) is 37.4 Å². The van der Waals surface area contributed by atoms with Crippen molar-refractivity contribution in [1.29, 1.82) is 5.26 Å². The maximum Gasteiger partial charge on any atom is 0.306 e. The minimum Gasteiger partial charge on any atom is -0.472 e. The maximum absolute atomic E-state index is 14.1. The quantitative estimate of drug-likeness (QED) is 0.185. The van der Waals surface area contributed by atoms with Crippen molar-refractivity contribution >= 4 is 60.0 Å². The molecule has 0 bridgehead atoms. The normalized spacial score (nSPS) is 16.8. The summed E-state index contributed by atoms with van der Waals surface area (Å²) in [5.41, 5.74) is 4.67. The molecule has 0 spiro atoms. The summed E-state index contributed by atoms with van der Waals surface area (Å²) in [4.78, 5) is 17.2. The first kappa shape index (κ1) is 31.9. The van der Waals surface area contributed by atoms with E-state index in [0.29, 0.717) is 23.0 Å². The van der Waals surface area contributed by atoms with Gasteiger partial charge in [-0.15, -0.1) is 16.4 Å². The molecule has 0 saturated carbocycles. The van der Waals surface area contributed by atoms with Gasteiger partial charge < -0.3 is 9.47 Å². The van der Waals surface area contributed by atoms with E-state index in [9.17, 15) is 18.5 Å². The number of rotatable bonds is 8. The van der Waals surface area contributed by atoms with Crippen molar-refractivity contribution in [2.24, 2.45) is 7.05 Å². The molecule has 46 heavy (non-hydrogen) atoms. The monoisotopic (exact) mass is 678 g/mol. The number of esters is 1. The third kappa shape index (κ3) is 5.71. The fraction of sp³-hybridized carbons (Fsp3) is 0.344. The molecule has 1 unspecified atom stereocenters. The molecule has 0 amide bonds. The van der Waals surface area contributed by atoms with Gasteiger partial charge in [0, 0.05) is 30.4 Å². The number of carbonyl (C=O) groups is 1. The second-order valence-corrected chi connectivity index (χ2v) is 14.4. The molecule has 1 aliphatic rings. The van der Waals surface area contributed by atoms with Crippen molar-refractivity contribution in [1.82, 2.24) is 24.3 Å². The van der Waals surface area contributed by atoms with E-state index in [4.69, 9.17) is 21.1 Å². The average Bonchev–Trinajstić information content (AvgIpc) is 3.65. The van der Waals surface area contributed by atoms with Gasteiger partial charge in [-0.2, -0.15) is 9.57 Å². The van der Waals surface area contributed by atoms with Gasteiger partial charge in [0.25, 0.3) is 0 Å². The van der Waals surface area contributed by atoms with Crippen molar-refractivity contribution in [3.05, 3.63) is 74.7 Å². The van der Waals surface area contributed by atoms with Crippen LogP contribution >= 0.6 is 22.9 Å². The number of thiophene rings is 1. The number of ether oxygens (including phenoxy) is 2. The van der Waals surface area contributed by atoms with Crippen LogP contribution < -0.4 is 4.74 Å². The summed E-state index contributed by atoms with van der Waals surface area (Å²) in [5.74, 6) is -0.876. The number of nitriles is 1. The van der Waals surface area contributed by atoms with Gasteiger partial charge in [0.05, 0.1) is 30.2 Å². The number of benzene rings is 2. The number of hydrogen-bond donors (Lipinski definition) is 0. The first-order chi connectivity index (χ1) is 22.0. The predicted molar refractivity (Wildman–Crippen MR) is 174 cm³/mol. The van der Waals surface area contributed by atoms with Gasteiger partial charge in [-0.1, -0.05) is 29.8 Å². The Hall–Kier alpha value is -4.09. The van der Waals surface area contributed by atoms with Crippen LogP contribution in [0.2, 0.25) is 5.02 Å². The van der Waals surface area contributed by atoms with Gasteiger partial charge >= 0.3 is 5.97 Å². The zero-order chi connectivity index (χ0) is 32.7. The minimum atomic E-state index is -4.05. The smallest absolute Gasteiger partial charge is 0.306 e. The molecule has 3 aromatic heterocycles. The lowest BCUT2D eigenvalue weighted by atomic mass is 9.83. The number of pyridine rings is 1. The summed E-state index contributed by atoms with van der Waals surface area (Å²) in [6.45, 7) is 5.98. The lowest BCUT2D eigenvalue weighted by Crippen LogP contribution is -2.36. The average molecular weight is 679 g/mol. The summed E-state index contributed by atoms with van der Waals surface area (Å²) in [7, 11) is -2.31. The summed E-state index contributed by atoms with van der Waals surface area (Å²) < 4.78 is 43.4. The van der Waals surface area contributed by atoms with Crippen LogP contribution in [0.5, 0.6) is 5.88 Å². The van der Waals surface area contributed by atoms with Crippen molar-refractivity contribution in [3.63, 3.8) is 0 Å². The molecule has 5 aromatic rings. The number of fused-ring (bicyclic) bond motifs is 3.